The lowest BCUT2D eigenvalue weighted by molar-refractivity contribution is 0.102. The molecule has 1 aliphatic rings. The van der Waals surface area contributed by atoms with E-state index in [4.69, 9.17) is 9.47 Å². The Labute approximate surface area is 144 Å². The molecule has 0 saturated heterocycles. The average Bonchev–Trinajstić information content (AvgIpc) is 2.69. The largest absolute Gasteiger partial charge is 0.486 e. The van der Waals surface area contributed by atoms with Crippen LogP contribution in [-0.4, -0.2) is 29.3 Å². The van der Waals surface area contributed by atoms with Crippen LogP contribution in [0.3, 0.4) is 0 Å². The molecule has 0 saturated carbocycles. The second kappa shape index (κ2) is 6.60. The second-order valence-electron chi connectivity index (χ2n) is 5.48. The minimum atomic E-state index is -0.330. The molecule has 3 aromatic rings. The maximum absolute atomic E-state index is 12.3. The first kappa shape index (κ1) is 15.1. The highest BCUT2D eigenvalue weighted by molar-refractivity contribution is 6.03. The third-order valence-corrected chi connectivity index (χ3v) is 3.77. The predicted octanol–water partition coefficient (Wildman–Crippen LogP) is 3.17. The highest BCUT2D eigenvalue weighted by Gasteiger charge is 2.14. The summed E-state index contributed by atoms with van der Waals surface area (Å²) in [6, 6.07) is 18.4. The van der Waals surface area contributed by atoms with Gasteiger partial charge in [0.15, 0.2) is 17.2 Å². The van der Waals surface area contributed by atoms with Crippen molar-refractivity contribution in [2.24, 2.45) is 0 Å². The minimum Gasteiger partial charge on any atom is -0.486 e. The molecule has 1 aliphatic heterocycles. The van der Waals surface area contributed by atoms with Crippen LogP contribution in [0.15, 0.2) is 60.7 Å². The van der Waals surface area contributed by atoms with E-state index in [0.29, 0.717) is 30.4 Å². The van der Waals surface area contributed by atoms with Crippen LogP contribution < -0.4 is 14.8 Å². The molecule has 0 aliphatic carbocycles. The number of ether oxygens (including phenoxy) is 2. The number of amides is 1. The van der Waals surface area contributed by atoms with Crippen LogP contribution in [0.1, 0.15) is 10.5 Å². The van der Waals surface area contributed by atoms with E-state index in [2.05, 4.69) is 15.5 Å². The van der Waals surface area contributed by atoms with Gasteiger partial charge in [-0.3, -0.25) is 4.79 Å². The molecule has 0 fully saturated rings. The van der Waals surface area contributed by atoms with Crippen molar-refractivity contribution in [3.8, 4) is 22.8 Å². The quantitative estimate of drug-likeness (QED) is 0.797. The summed E-state index contributed by atoms with van der Waals surface area (Å²) < 4.78 is 11.0. The molecular formula is C19H15N3O3. The molecule has 6 nitrogen and oxygen atoms in total. The summed E-state index contributed by atoms with van der Waals surface area (Å²) in [5, 5.41) is 10.9. The number of hydrogen-bond acceptors (Lipinski definition) is 5. The minimum absolute atomic E-state index is 0.245. The lowest BCUT2D eigenvalue weighted by atomic mass is 10.1. The number of hydrogen-bond donors (Lipinski definition) is 1. The van der Waals surface area contributed by atoms with Crippen molar-refractivity contribution in [1.29, 1.82) is 0 Å². The summed E-state index contributed by atoms with van der Waals surface area (Å²) in [6.45, 7) is 1.03. The summed E-state index contributed by atoms with van der Waals surface area (Å²) in [5.41, 5.74) is 2.53. The van der Waals surface area contributed by atoms with Crippen LogP contribution in [0, 0.1) is 0 Å². The Balaban J connectivity index is 1.49. The predicted molar refractivity (Wildman–Crippen MR) is 92.9 cm³/mol. The van der Waals surface area contributed by atoms with E-state index in [1.807, 2.05) is 30.3 Å². The highest BCUT2D eigenvalue weighted by Crippen LogP contribution is 2.32. The average molecular weight is 333 g/mol. The first-order valence-electron chi connectivity index (χ1n) is 7.90. The lowest BCUT2D eigenvalue weighted by Gasteiger charge is -2.18. The zero-order valence-corrected chi connectivity index (χ0v) is 13.3. The Morgan fingerprint density at radius 3 is 2.44 bits per heavy atom. The summed E-state index contributed by atoms with van der Waals surface area (Å²) >= 11 is 0. The first-order valence-corrected chi connectivity index (χ1v) is 7.90. The Morgan fingerprint density at radius 2 is 1.68 bits per heavy atom. The fraction of sp³-hybridized carbons (Fsp3) is 0.105. The molecule has 0 radical (unpaired) electrons. The molecule has 0 atom stereocenters. The molecule has 1 amide bonds. The van der Waals surface area contributed by atoms with Crippen LogP contribution in [-0.2, 0) is 0 Å². The topological polar surface area (TPSA) is 73.3 Å². The van der Waals surface area contributed by atoms with E-state index in [1.165, 1.54) is 0 Å². The summed E-state index contributed by atoms with van der Waals surface area (Å²) in [7, 11) is 0. The van der Waals surface area contributed by atoms with Crippen molar-refractivity contribution in [3.63, 3.8) is 0 Å². The highest BCUT2D eigenvalue weighted by atomic mass is 16.6. The third-order valence-electron chi connectivity index (χ3n) is 3.77. The molecule has 4 rings (SSSR count). The number of aromatic nitrogens is 2. The van der Waals surface area contributed by atoms with E-state index in [0.717, 1.165) is 11.3 Å². The van der Waals surface area contributed by atoms with Gasteiger partial charge in [-0.2, -0.15) is 0 Å². The summed E-state index contributed by atoms with van der Waals surface area (Å²) in [6.07, 6.45) is 0. The van der Waals surface area contributed by atoms with Gasteiger partial charge >= 0.3 is 0 Å². The van der Waals surface area contributed by atoms with Gasteiger partial charge in [0.25, 0.3) is 5.91 Å². The zero-order valence-electron chi connectivity index (χ0n) is 13.3. The monoisotopic (exact) mass is 333 g/mol. The van der Waals surface area contributed by atoms with Gasteiger partial charge in [0.05, 0.1) is 5.69 Å². The fourth-order valence-electron chi connectivity index (χ4n) is 2.53. The Morgan fingerprint density at radius 1 is 0.880 bits per heavy atom. The molecule has 6 heteroatoms. The second-order valence-corrected chi connectivity index (χ2v) is 5.48. The van der Waals surface area contributed by atoms with Gasteiger partial charge in [-0.05, 0) is 24.3 Å². The Hall–Kier alpha value is -3.41. The van der Waals surface area contributed by atoms with Crippen LogP contribution in [0.25, 0.3) is 11.3 Å². The smallest absolute Gasteiger partial charge is 0.276 e. The summed E-state index contributed by atoms with van der Waals surface area (Å²) in [5.74, 6) is 0.967. The number of anilines is 1. The SMILES string of the molecule is O=C(Nc1ccc2c(c1)OCCO2)c1ccc(-c2ccccc2)nn1. The van der Waals surface area contributed by atoms with Gasteiger partial charge in [0.2, 0.25) is 0 Å². The van der Waals surface area contributed by atoms with Crippen molar-refractivity contribution < 1.29 is 14.3 Å². The normalized spacial score (nSPS) is 12.5. The third kappa shape index (κ3) is 3.28. The molecule has 1 N–H and O–H groups in total. The van der Waals surface area contributed by atoms with Gasteiger partial charge < -0.3 is 14.8 Å². The van der Waals surface area contributed by atoms with Crippen molar-refractivity contribution in [2.75, 3.05) is 18.5 Å². The standard InChI is InChI=1S/C19H15N3O3/c23-19(20-14-6-9-17-18(12-14)25-11-10-24-17)16-8-7-15(21-22-16)13-4-2-1-3-5-13/h1-9,12H,10-11H2,(H,20,23). The van der Waals surface area contributed by atoms with E-state index in [-0.39, 0.29) is 11.6 Å². The van der Waals surface area contributed by atoms with Gasteiger partial charge in [-0.15, -0.1) is 10.2 Å². The molecule has 0 unspecified atom stereocenters. The first-order chi connectivity index (χ1) is 12.3. The van der Waals surface area contributed by atoms with E-state index >= 15 is 0 Å². The lowest BCUT2D eigenvalue weighted by Crippen LogP contribution is -2.17. The fourth-order valence-corrected chi connectivity index (χ4v) is 2.53. The molecule has 0 bridgehead atoms. The molecule has 25 heavy (non-hydrogen) atoms. The van der Waals surface area contributed by atoms with E-state index in [9.17, 15) is 4.79 Å². The van der Waals surface area contributed by atoms with Gasteiger partial charge in [0.1, 0.15) is 13.2 Å². The maximum Gasteiger partial charge on any atom is 0.276 e. The Bertz CT molecular complexity index is 896. The number of benzene rings is 2. The van der Waals surface area contributed by atoms with Crippen LogP contribution in [0.2, 0.25) is 0 Å². The van der Waals surface area contributed by atoms with Crippen LogP contribution in [0.5, 0.6) is 11.5 Å². The molecular weight excluding hydrogens is 318 g/mol. The number of carbonyl (C=O) groups excluding carboxylic acids is 1. The number of rotatable bonds is 3. The zero-order chi connectivity index (χ0) is 17.1. The van der Waals surface area contributed by atoms with Crippen molar-refractivity contribution in [3.05, 3.63) is 66.4 Å². The van der Waals surface area contributed by atoms with Crippen molar-refractivity contribution >= 4 is 11.6 Å². The maximum atomic E-state index is 12.3. The number of nitrogens with zero attached hydrogens (tertiary/aromatic N) is 2. The Kier molecular flexibility index (Phi) is 4.00. The number of carbonyl (C=O) groups is 1. The van der Waals surface area contributed by atoms with Crippen molar-refractivity contribution in [2.45, 2.75) is 0 Å². The van der Waals surface area contributed by atoms with Crippen LogP contribution in [0.4, 0.5) is 5.69 Å². The van der Waals surface area contributed by atoms with E-state index < -0.39 is 0 Å². The molecule has 2 heterocycles. The molecule has 1 aromatic heterocycles. The van der Waals surface area contributed by atoms with Crippen molar-refractivity contribution in [1.82, 2.24) is 10.2 Å². The molecule has 2 aromatic carbocycles. The van der Waals surface area contributed by atoms with E-state index in [1.54, 1.807) is 30.3 Å². The van der Waals surface area contributed by atoms with Gasteiger partial charge in [-0.25, -0.2) is 0 Å². The number of fused-ring (bicyclic) bond motifs is 1. The molecule has 124 valence electrons. The van der Waals surface area contributed by atoms with Crippen LogP contribution >= 0.6 is 0 Å². The van der Waals surface area contributed by atoms with Gasteiger partial charge in [0, 0.05) is 17.3 Å². The molecule has 0 spiro atoms. The number of nitrogens with one attached hydrogen (secondary N) is 1. The summed E-state index contributed by atoms with van der Waals surface area (Å²) in [4.78, 5) is 12.3. The van der Waals surface area contributed by atoms with Gasteiger partial charge in [-0.1, -0.05) is 30.3 Å².